The van der Waals surface area contributed by atoms with Gasteiger partial charge in [-0.3, -0.25) is 4.90 Å². The minimum Gasteiger partial charge on any atom is -0.318 e. The highest BCUT2D eigenvalue weighted by molar-refractivity contribution is 5.14. The molecule has 0 aliphatic carbocycles. The maximum Gasteiger partial charge on any atom is 0.0223 e. The standard InChI is InChI=1S/C16H26N2/c1-14(10-11-15-7-4-3-5-8-15)18-12-6-9-16(18)13-17-2/h3-5,7-8,14,16-17H,6,9-13H2,1-2H3. The van der Waals surface area contributed by atoms with E-state index < -0.39 is 0 Å². The zero-order valence-corrected chi connectivity index (χ0v) is 11.7. The number of nitrogens with zero attached hydrogens (tertiary/aromatic N) is 1. The van der Waals surface area contributed by atoms with Crippen LogP contribution in [0.1, 0.15) is 31.7 Å². The molecule has 0 bridgehead atoms. The van der Waals surface area contributed by atoms with Crippen molar-refractivity contribution < 1.29 is 0 Å². The van der Waals surface area contributed by atoms with E-state index in [1.54, 1.807) is 0 Å². The van der Waals surface area contributed by atoms with Gasteiger partial charge in [-0.15, -0.1) is 0 Å². The van der Waals surface area contributed by atoms with Crippen molar-refractivity contribution in [2.45, 2.75) is 44.7 Å². The highest BCUT2D eigenvalue weighted by Gasteiger charge is 2.27. The first-order chi connectivity index (χ1) is 8.81. The molecule has 2 nitrogen and oxygen atoms in total. The number of likely N-dealkylation sites (tertiary alicyclic amines) is 1. The predicted octanol–water partition coefficient (Wildman–Crippen LogP) is 2.69. The third-order valence-electron chi connectivity index (χ3n) is 4.12. The lowest BCUT2D eigenvalue weighted by molar-refractivity contribution is 0.181. The van der Waals surface area contributed by atoms with E-state index in [4.69, 9.17) is 0 Å². The van der Waals surface area contributed by atoms with Crippen molar-refractivity contribution in [1.29, 1.82) is 0 Å². The number of benzene rings is 1. The topological polar surface area (TPSA) is 15.3 Å². The van der Waals surface area contributed by atoms with Crippen molar-refractivity contribution in [2.75, 3.05) is 20.1 Å². The lowest BCUT2D eigenvalue weighted by Gasteiger charge is -2.30. The molecule has 1 aliphatic rings. The number of rotatable bonds is 6. The van der Waals surface area contributed by atoms with Crippen LogP contribution in [0.4, 0.5) is 0 Å². The molecule has 2 rings (SSSR count). The average Bonchev–Trinajstić information content (AvgIpc) is 2.86. The minimum atomic E-state index is 0.700. The molecule has 0 aromatic heterocycles. The second kappa shape index (κ2) is 6.91. The first kappa shape index (κ1) is 13.6. The molecule has 1 aliphatic heterocycles. The van der Waals surface area contributed by atoms with Crippen LogP contribution in [0.5, 0.6) is 0 Å². The van der Waals surface area contributed by atoms with E-state index in [1.807, 2.05) is 0 Å². The lowest BCUT2D eigenvalue weighted by atomic mass is 10.0. The number of hydrogen-bond donors (Lipinski definition) is 1. The van der Waals surface area contributed by atoms with Crippen molar-refractivity contribution in [3.05, 3.63) is 35.9 Å². The molecule has 1 heterocycles. The van der Waals surface area contributed by atoms with E-state index in [9.17, 15) is 0 Å². The highest BCUT2D eigenvalue weighted by Crippen LogP contribution is 2.21. The van der Waals surface area contributed by atoms with Crippen LogP contribution in [0.15, 0.2) is 30.3 Å². The SMILES string of the molecule is CNCC1CCCN1C(C)CCc1ccccc1. The summed E-state index contributed by atoms with van der Waals surface area (Å²) in [5.41, 5.74) is 1.47. The monoisotopic (exact) mass is 246 g/mol. The van der Waals surface area contributed by atoms with Crippen LogP contribution in [-0.2, 0) is 6.42 Å². The molecule has 0 amide bonds. The molecule has 1 fully saturated rings. The molecule has 1 aromatic rings. The van der Waals surface area contributed by atoms with Gasteiger partial charge in [-0.1, -0.05) is 30.3 Å². The summed E-state index contributed by atoms with van der Waals surface area (Å²) in [6, 6.07) is 12.3. The van der Waals surface area contributed by atoms with Crippen LogP contribution >= 0.6 is 0 Å². The largest absolute Gasteiger partial charge is 0.318 e. The van der Waals surface area contributed by atoms with Gasteiger partial charge in [-0.2, -0.15) is 0 Å². The fraction of sp³-hybridized carbons (Fsp3) is 0.625. The van der Waals surface area contributed by atoms with Crippen LogP contribution in [-0.4, -0.2) is 37.1 Å². The van der Waals surface area contributed by atoms with E-state index in [0.717, 1.165) is 12.6 Å². The Balaban J connectivity index is 1.82. The molecule has 1 saturated heterocycles. The summed E-state index contributed by atoms with van der Waals surface area (Å²) in [6.45, 7) is 4.80. The molecule has 1 aromatic carbocycles. The van der Waals surface area contributed by atoms with Crippen LogP contribution in [0.2, 0.25) is 0 Å². The average molecular weight is 246 g/mol. The number of aryl methyl sites for hydroxylation is 1. The Kier molecular flexibility index (Phi) is 5.21. The second-order valence-corrected chi connectivity index (χ2v) is 5.46. The Morgan fingerprint density at radius 3 is 2.83 bits per heavy atom. The van der Waals surface area contributed by atoms with Crippen molar-refractivity contribution in [1.82, 2.24) is 10.2 Å². The van der Waals surface area contributed by atoms with Gasteiger partial charge >= 0.3 is 0 Å². The molecule has 0 spiro atoms. The summed E-state index contributed by atoms with van der Waals surface area (Å²) in [5, 5.41) is 3.33. The Morgan fingerprint density at radius 2 is 2.11 bits per heavy atom. The normalized spacial score (nSPS) is 22.2. The van der Waals surface area contributed by atoms with E-state index >= 15 is 0 Å². The van der Waals surface area contributed by atoms with Crippen molar-refractivity contribution in [3.63, 3.8) is 0 Å². The van der Waals surface area contributed by atoms with Crippen molar-refractivity contribution in [2.24, 2.45) is 0 Å². The summed E-state index contributed by atoms with van der Waals surface area (Å²) in [7, 11) is 2.06. The summed E-state index contributed by atoms with van der Waals surface area (Å²) in [5.74, 6) is 0. The smallest absolute Gasteiger partial charge is 0.0223 e. The zero-order chi connectivity index (χ0) is 12.8. The minimum absolute atomic E-state index is 0.700. The fourth-order valence-corrected chi connectivity index (χ4v) is 3.08. The van der Waals surface area contributed by atoms with E-state index in [1.165, 1.54) is 37.8 Å². The van der Waals surface area contributed by atoms with Crippen LogP contribution in [0.3, 0.4) is 0 Å². The number of hydrogen-bond acceptors (Lipinski definition) is 2. The van der Waals surface area contributed by atoms with Crippen LogP contribution in [0, 0.1) is 0 Å². The Morgan fingerprint density at radius 1 is 1.33 bits per heavy atom. The van der Waals surface area contributed by atoms with Gasteiger partial charge in [-0.25, -0.2) is 0 Å². The number of likely N-dealkylation sites (N-methyl/N-ethyl adjacent to an activating group) is 1. The maximum absolute atomic E-state index is 3.33. The molecule has 0 saturated carbocycles. The summed E-state index contributed by atoms with van der Waals surface area (Å²) >= 11 is 0. The summed E-state index contributed by atoms with van der Waals surface area (Å²) < 4.78 is 0. The van der Waals surface area contributed by atoms with Crippen molar-refractivity contribution in [3.8, 4) is 0 Å². The predicted molar refractivity (Wildman–Crippen MR) is 77.9 cm³/mol. The van der Waals surface area contributed by atoms with E-state index in [0.29, 0.717) is 6.04 Å². The molecule has 100 valence electrons. The lowest BCUT2D eigenvalue weighted by Crippen LogP contribution is -2.42. The van der Waals surface area contributed by atoms with E-state index in [2.05, 4.69) is 54.5 Å². The van der Waals surface area contributed by atoms with Crippen LogP contribution < -0.4 is 5.32 Å². The molecule has 2 heteroatoms. The Labute approximate surface area is 111 Å². The van der Waals surface area contributed by atoms with Gasteiger partial charge < -0.3 is 5.32 Å². The van der Waals surface area contributed by atoms with Gasteiger partial charge in [0.05, 0.1) is 0 Å². The van der Waals surface area contributed by atoms with Gasteiger partial charge in [0.25, 0.3) is 0 Å². The molecule has 0 radical (unpaired) electrons. The Hall–Kier alpha value is -0.860. The maximum atomic E-state index is 3.33. The Bertz CT molecular complexity index is 336. The molecular weight excluding hydrogens is 220 g/mol. The van der Waals surface area contributed by atoms with Crippen LogP contribution in [0.25, 0.3) is 0 Å². The third-order valence-corrected chi connectivity index (χ3v) is 4.12. The summed E-state index contributed by atoms with van der Waals surface area (Å²) in [6.07, 6.45) is 5.19. The molecule has 2 unspecified atom stereocenters. The van der Waals surface area contributed by atoms with Gasteiger partial charge in [0, 0.05) is 18.6 Å². The van der Waals surface area contributed by atoms with Gasteiger partial charge in [0.2, 0.25) is 0 Å². The molecule has 18 heavy (non-hydrogen) atoms. The van der Waals surface area contributed by atoms with Crippen molar-refractivity contribution >= 4 is 0 Å². The second-order valence-electron chi connectivity index (χ2n) is 5.46. The molecular formula is C16H26N2. The summed E-state index contributed by atoms with van der Waals surface area (Å²) in [4.78, 5) is 2.69. The first-order valence-electron chi connectivity index (χ1n) is 7.25. The third kappa shape index (κ3) is 3.56. The van der Waals surface area contributed by atoms with Gasteiger partial charge in [0.15, 0.2) is 0 Å². The van der Waals surface area contributed by atoms with E-state index in [-0.39, 0.29) is 0 Å². The van der Waals surface area contributed by atoms with Gasteiger partial charge in [0.1, 0.15) is 0 Å². The molecule has 1 N–H and O–H groups in total. The highest BCUT2D eigenvalue weighted by atomic mass is 15.2. The van der Waals surface area contributed by atoms with Gasteiger partial charge in [-0.05, 0) is 51.8 Å². The zero-order valence-electron chi connectivity index (χ0n) is 11.7. The first-order valence-corrected chi connectivity index (χ1v) is 7.25. The number of nitrogens with one attached hydrogen (secondary N) is 1. The quantitative estimate of drug-likeness (QED) is 0.830. The fourth-order valence-electron chi connectivity index (χ4n) is 3.08. The molecule has 2 atom stereocenters.